The Kier molecular flexibility index (Phi) is 42.6. The van der Waals surface area contributed by atoms with Crippen LogP contribution < -0.4 is 90.4 Å². The lowest BCUT2D eigenvalue weighted by Crippen LogP contribution is -2.61. The summed E-state index contributed by atoms with van der Waals surface area (Å²) in [5, 5.41) is 56.0. The standard InChI is InChI=1S/C71H107N16O26PS2/c1-40-63(97)77-41(2)64(98)82-49(34-43-14-18-45(19-15-43)113-114(106,107)108)68(102)85-52(36-60(94)95)70(104)84-51(35-55(72)89)69(103)83-50(33-42-12-16-44(88)17-13-42)67(101)81-48(22-32-115-3)66(100)80-47(65(99)78-40)20-21-57(91)75-24-26-109-28-30-111-37-58(92)76-25-27-110-29-31-112-38-59(93)79-46(62(73)96)9-7-8-23-74-56(90)11-6-4-5-10-54-61-53(39-116-54)86-71(105)87-61/h12-19,40-41,46-54,61,88H,4-11,20-39H2,1-3H3,(H2,72,89)(H2,73,96)(H,74,90)(H,75,91)(H,76,92)(H,77,97)(H,78,99)(H,79,93)(H,80,100)(H,81,101)(H,82,98)(H,83,103)(H,84,104)(H,85,102)(H,94,95)(H2,86,87,105)(H2,106,107,108)/t40-,41-,46-,47-,48-,49-,50-,51-,52-,53-,54-,61-/m0/s1. The van der Waals surface area contributed by atoms with E-state index >= 15 is 0 Å². The molecule has 16 amide bonds. The smallest absolute Gasteiger partial charge is 0.508 e. The number of phenols is 1. The number of primary amides is 2. The molecule has 0 aromatic heterocycles. The van der Waals surface area contributed by atoms with Crippen LogP contribution in [0.15, 0.2) is 48.5 Å². The molecule has 0 aliphatic carbocycles. The highest BCUT2D eigenvalue weighted by atomic mass is 32.2. The average molecular weight is 1700 g/mol. The molecule has 5 rings (SSSR count). The second-order valence-electron chi connectivity index (χ2n) is 27.3. The van der Waals surface area contributed by atoms with E-state index < -0.39 is 183 Å². The Labute approximate surface area is 677 Å². The van der Waals surface area contributed by atoms with Crippen LogP contribution in [0.1, 0.15) is 108 Å². The van der Waals surface area contributed by atoms with Crippen molar-refractivity contribution < 1.29 is 125 Å². The highest BCUT2D eigenvalue weighted by Crippen LogP contribution is 2.37. The van der Waals surface area contributed by atoms with Gasteiger partial charge in [-0.3, -0.25) is 81.7 Å². The number of fused-ring (bicyclic) bond motifs is 1. The van der Waals surface area contributed by atoms with Gasteiger partial charge in [-0.25, -0.2) is 9.36 Å². The molecule has 644 valence electrons. The number of carboxylic acid groups (broad SMARTS) is 1. The zero-order valence-electron chi connectivity index (χ0n) is 64.5. The van der Waals surface area contributed by atoms with Crippen molar-refractivity contribution in [2.75, 3.05) is 90.3 Å². The molecule has 0 bridgehead atoms. The first kappa shape index (κ1) is 96.6. The molecule has 12 atom stereocenters. The van der Waals surface area contributed by atoms with Gasteiger partial charge >= 0.3 is 19.8 Å². The summed E-state index contributed by atoms with van der Waals surface area (Å²) in [6.07, 6.45) is 2.94. The van der Waals surface area contributed by atoms with Crippen molar-refractivity contribution in [3.8, 4) is 11.5 Å². The monoisotopic (exact) mass is 1690 g/mol. The summed E-state index contributed by atoms with van der Waals surface area (Å²) < 4.78 is 37.8. The van der Waals surface area contributed by atoms with Crippen molar-refractivity contribution in [3.63, 3.8) is 0 Å². The van der Waals surface area contributed by atoms with E-state index in [4.69, 9.17) is 30.4 Å². The number of carboxylic acids is 1. The summed E-state index contributed by atoms with van der Waals surface area (Å²) in [7, 11) is -5.04. The number of unbranched alkanes of at least 4 members (excludes halogenated alkanes) is 3. The first-order valence-electron chi connectivity index (χ1n) is 37.6. The number of amides is 16. The summed E-state index contributed by atoms with van der Waals surface area (Å²) >= 11 is 3.11. The minimum Gasteiger partial charge on any atom is -0.508 e. The van der Waals surface area contributed by atoms with Crippen LogP contribution in [0.5, 0.6) is 11.5 Å². The molecule has 45 heteroatoms. The molecule has 3 aliphatic heterocycles. The Morgan fingerprint density at radius 1 is 0.526 bits per heavy atom. The van der Waals surface area contributed by atoms with Crippen LogP contribution in [0.4, 0.5) is 4.79 Å². The van der Waals surface area contributed by atoms with Gasteiger partial charge in [0, 0.05) is 56.3 Å². The van der Waals surface area contributed by atoms with Gasteiger partial charge in [0.1, 0.15) is 79.1 Å². The maximum Gasteiger partial charge on any atom is 0.524 e. The predicted octanol–water partition coefficient (Wildman–Crippen LogP) is -4.86. The molecule has 3 aliphatic rings. The van der Waals surface area contributed by atoms with Crippen LogP contribution in [-0.4, -0.2) is 277 Å². The van der Waals surface area contributed by atoms with E-state index in [1.165, 1.54) is 62.0 Å². The summed E-state index contributed by atoms with van der Waals surface area (Å²) in [6, 6.07) is -4.54. The van der Waals surface area contributed by atoms with E-state index in [0.29, 0.717) is 36.6 Å². The van der Waals surface area contributed by atoms with E-state index in [1.807, 2.05) is 11.8 Å². The van der Waals surface area contributed by atoms with Crippen LogP contribution in [0, 0.1) is 0 Å². The number of ether oxygens (including phenoxy) is 4. The summed E-state index contributed by atoms with van der Waals surface area (Å²) in [5.74, 6) is -13.8. The number of hydrogen-bond acceptors (Lipinski definition) is 25. The van der Waals surface area contributed by atoms with Crippen LogP contribution in [0.2, 0.25) is 0 Å². The number of benzene rings is 2. The van der Waals surface area contributed by atoms with Gasteiger partial charge in [0.05, 0.1) is 64.6 Å². The lowest BCUT2D eigenvalue weighted by Gasteiger charge is -2.28. The number of nitrogens with two attached hydrogens (primary N) is 2. The van der Waals surface area contributed by atoms with Gasteiger partial charge in [-0.05, 0) is 106 Å². The number of rotatable bonds is 45. The third-order valence-electron chi connectivity index (χ3n) is 17.9. The van der Waals surface area contributed by atoms with Crippen molar-refractivity contribution in [2.24, 2.45) is 11.5 Å². The van der Waals surface area contributed by atoms with Crippen LogP contribution in [0.3, 0.4) is 0 Å². The van der Waals surface area contributed by atoms with Gasteiger partial charge in [0.2, 0.25) is 82.7 Å². The summed E-state index contributed by atoms with van der Waals surface area (Å²) in [6.45, 7) is 2.21. The van der Waals surface area contributed by atoms with Crippen molar-refractivity contribution >= 4 is 126 Å². The zero-order valence-corrected chi connectivity index (χ0v) is 67.1. The largest absolute Gasteiger partial charge is 0.524 e. The fourth-order valence-electron chi connectivity index (χ4n) is 11.8. The van der Waals surface area contributed by atoms with E-state index in [0.717, 1.165) is 43.6 Å². The Morgan fingerprint density at radius 2 is 1.01 bits per heavy atom. The minimum atomic E-state index is -5.04. The van der Waals surface area contributed by atoms with E-state index in [-0.39, 0.29) is 126 Å². The summed E-state index contributed by atoms with van der Waals surface area (Å²) in [5.41, 5.74) is 11.5. The maximum absolute atomic E-state index is 14.5. The van der Waals surface area contributed by atoms with E-state index in [9.17, 15) is 101 Å². The molecule has 3 saturated heterocycles. The fraction of sp³-hybridized carbons (Fsp3) is 0.606. The number of carbonyl (C=O) groups excluding carboxylic acids is 15. The van der Waals surface area contributed by atoms with Gasteiger partial charge in [-0.2, -0.15) is 23.5 Å². The molecular formula is C71H107N16O26PS2. The number of urea groups is 1. The highest BCUT2D eigenvalue weighted by molar-refractivity contribution is 8.00. The van der Waals surface area contributed by atoms with Crippen LogP contribution in [0.25, 0.3) is 0 Å². The molecule has 3 fully saturated rings. The number of thioether (sulfide) groups is 2. The molecule has 0 radical (unpaired) electrons. The number of phosphoric acid groups is 1. The molecule has 0 spiro atoms. The van der Waals surface area contributed by atoms with Gasteiger partial charge in [0.25, 0.3) is 0 Å². The Bertz CT molecular complexity index is 3720. The topological polar surface area (TPSA) is 638 Å². The number of carbonyl (C=O) groups is 16. The lowest BCUT2D eigenvalue weighted by molar-refractivity contribution is -0.142. The first-order valence-corrected chi connectivity index (χ1v) is 41.6. The van der Waals surface area contributed by atoms with E-state index in [1.54, 1.807) is 6.26 Å². The minimum absolute atomic E-state index is 0.0103. The fourth-order valence-corrected chi connectivity index (χ4v) is 14.2. The zero-order chi connectivity index (χ0) is 85.3. The maximum atomic E-state index is 14.5. The molecule has 116 heavy (non-hydrogen) atoms. The number of hydrogen-bond donors (Lipinski definition) is 20. The number of phosphoric ester groups is 1. The Hall–Kier alpha value is -9.95. The number of nitrogens with one attached hydrogen (secondary N) is 14. The number of aliphatic carboxylic acids is 1. The van der Waals surface area contributed by atoms with Crippen LogP contribution >= 0.6 is 31.3 Å². The SMILES string of the molecule is CSCC[C@@H]1NC(=O)[C@H](Cc2ccc(O)cc2)NC(=O)[C@H](CC(N)=O)NC(=O)[C@H](CC(=O)O)NC(=O)[C@H](Cc2ccc(OP(=O)(O)O)cc2)NC(=O)[C@H](C)NC(=O)[C@H](C)NC(=O)[C@H](CCC(=O)NCCOCCOCC(=O)NCCOCCOCC(=O)N[C@@H](CCCCNC(=O)CCCCC[C@@H]2SC[C@@H]3NC(=O)N[C@@H]32)C(N)=O)NC1=O. The van der Waals surface area contributed by atoms with Crippen LogP contribution in [-0.2, 0) is 108 Å². The first-order chi connectivity index (χ1) is 55.2. The molecule has 0 unspecified atom stereocenters. The second kappa shape index (κ2) is 51.2. The molecule has 22 N–H and O–H groups in total. The van der Waals surface area contributed by atoms with Gasteiger partial charge in [-0.1, -0.05) is 37.1 Å². The van der Waals surface area contributed by atoms with Gasteiger partial charge in [-0.15, -0.1) is 0 Å². The number of aromatic hydroxyl groups is 1. The van der Waals surface area contributed by atoms with Crippen molar-refractivity contribution in [1.82, 2.24) is 74.4 Å². The van der Waals surface area contributed by atoms with Crippen molar-refractivity contribution in [3.05, 3.63) is 59.7 Å². The molecule has 3 heterocycles. The van der Waals surface area contributed by atoms with Crippen molar-refractivity contribution in [1.29, 1.82) is 0 Å². The summed E-state index contributed by atoms with van der Waals surface area (Å²) in [4.78, 5) is 231. The molecule has 2 aromatic rings. The molecule has 42 nitrogen and oxygen atoms in total. The van der Waals surface area contributed by atoms with Gasteiger partial charge in [0.15, 0.2) is 0 Å². The third-order valence-corrected chi connectivity index (χ3v) is 20.5. The number of phenolic OH excluding ortho intramolecular Hbond substituents is 1. The lowest BCUT2D eigenvalue weighted by atomic mass is 10.0. The Morgan fingerprint density at radius 3 is 1.59 bits per heavy atom. The van der Waals surface area contributed by atoms with Gasteiger partial charge < -0.3 is 120 Å². The van der Waals surface area contributed by atoms with Crippen molar-refractivity contribution in [2.45, 2.75) is 182 Å². The average Bonchev–Trinajstić information content (AvgIpc) is 1.65. The predicted molar refractivity (Wildman–Crippen MR) is 416 cm³/mol. The molecular weight excluding hydrogens is 1590 g/mol. The normalized spacial score (nSPS) is 22.1. The molecule has 0 saturated carbocycles. The third kappa shape index (κ3) is 37.8. The van der Waals surface area contributed by atoms with E-state index in [2.05, 4.69) is 79.0 Å². The second-order valence-corrected chi connectivity index (χ2v) is 30.8. The molecule has 2 aromatic carbocycles. The Balaban J connectivity index is 1.10. The highest BCUT2D eigenvalue weighted by Gasteiger charge is 2.43. The quantitative estimate of drug-likeness (QED) is 0.0168.